The Morgan fingerprint density at radius 2 is 2.06 bits per heavy atom. The Morgan fingerprint density at radius 1 is 1.31 bits per heavy atom. The third kappa shape index (κ3) is 5.18. The summed E-state index contributed by atoms with van der Waals surface area (Å²) in [5.41, 5.74) is 0.537. The highest BCUT2D eigenvalue weighted by Crippen LogP contribution is 2.32. The molecule has 0 bridgehead atoms. The number of benzene rings is 1. The number of rotatable bonds is 6. The highest BCUT2D eigenvalue weighted by Gasteiger charge is 2.34. The third-order valence-electron chi connectivity index (χ3n) is 6.14. The largest absolute Gasteiger partial charge is 0.416 e. The maximum Gasteiger partial charge on any atom is 0.416 e. The van der Waals surface area contributed by atoms with Gasteiger partial charge in [0.1, 0.15) is 12.3 Å². The number of Topliss-reactive ketones (excluding diaryl/α,β-unsaturated/α-hetero) is 1. The first kappa shape index (κ1) is 23.5. The van der Waals surface area contributed by atoms with E-state index in [0.717, 1.165) is 18.6 Å². The lowest BCUT2D eigenvalue weighted by Crippen LogP contribution is -2.41. The molecule has 0 radical (unpaired) electrons. The van der Waals surface area contributed by atoms with Crippen LogP contribution in [0.25, 0.3) is 0 Å². The summed E-state index contributed by atoms with van der Waals surface area (Å²) in [5, 5.41) is 8.96. The summed E-state index contributed by atoms with van der Waals surface area (Å²) in [6.07, 6.45) is -0.206. The molecule has 32 heavy (non-hydrogen) atoms. The topological polar surface area (TPSA) is 79.0 Å². The fourth-order valence-corrected chi connectivity index (χ4v) is 4.27. The minimum absolute atomic E-state index is 0.0215. The number of nitriles is 1. The van der Waals surface area contributed by atoms with Crippen molar-refractivity contribution in [3.63, 3.8) is 0 Å². The van der Waals surface area contributed by atoms with Gasteiger partial charge >= 0.3 is 6.18 Å². The first-order chi connectivity index (χ1) is 15.1. The first-order valence-electron chi connectivity index (χ1n) is 10.5. The van der Waals surface area contributed by atoms with Crippen LogP contribution in [0.2, 0.25) is 0 Å². The van der Waals surface area contributed by atoms with Crippen molar-refractivity contribution in [2.75, 3.05) is 7.05 Å². The number of hydrogen-bond acceptors (Lipinski definition) is 4. The molecule has 170 valence electrons. The number of carbonyl (C=O) groups excluding carboxylic acids is 2. The molecule has 0 unspecified atom stereocenters. The normalized spacial score (nSPS) is 18.8. The van der Waals surface area contributed by atoms with E-state index in [1.54, 1.807) is 24.9 Å². The lowest BCUT2D eigenvalue weighted by molar-refractivity contribution is -0.137. The van der Waals surface area contributed by atoms with Crippen molar-refractivity contribution >= 4 is 11.7 Å². The number of alkyl halides is 3. The Hall–Kier alpha value is -3.15. The van der Waals surface area contributed by atoms with Gasteiger partial charge in [0.25, 0.3) is 5.91 Å². The van der Waals surface area contributed by atoms with Crippen molar-refractivity contribution in [2.24, 2.45) is 5.92 Å². The predicted molar refractivity (Wildman–Crippen MR) is 111 cm³/mol. The number of aromatic nitrogens is 2. The Balaban J connectivity index is 1.69. The molecule has 1 amide bonds. The zero-order valence-electron chi connectivity index (χ0n) is 18.0. The van der Waals surface area contributed by atoms with E-state index in [2.05, 4.69) is 11.1 Å². The minimum atomic E-state index is -4.52. The summed E-state index contributed by atoms with van der Waals surface area (Å²) in [4.78, 5) is 31.5. The lowest BCUT2D eigenvalue weighted by Gasteiger charge is -2.35. The van der Waals surface area contributed by atoms with Crippen molar-refractivity contribution in [1.82, 2.24) is 14.5 Å². The summed E-state index contributed by atoms with van der Waals surface area (Å²) in [5.74, 6) is -0.718. The average molecular weight is 446 g/mol. The van der Waals surface area contributed by atoms with Gasteiger partial charge in [-0.25, -0.2) is 4.98 Å². The highest BCUT2D eigenvalue weighted by atomic mass is 19.4. The van der Waals surface area contributed by atoms with Gasteiger partial charge in [-0.1, -0.05) is 12.5 Å². The summed E-state index contributed by atoms with van der Waals surface area (Å²) < 4.78 is 40.7. The number of halogens is 3. The summed E-state index contributed by atoms with van der Waals surface area (Å²) in [7, 11) is 1.58. The molecule has 2 aromatic rings. The maximum atomic E-state index is 13.0. The van der Waals surface area contributed by atoms with Gasteiger partial charge < -0.3 is 9.47 Å². The fraction of sp³-hybridized carbons (Fsp3) is 0.478. The van der Waals surface area contributed by atoms with E-state index in [-0.39, 0.29) is 36.3 Å². The monoisotopic (exact) mass is 446 g/mol. The van der Waals surface area contributed by atoms with Crippen LogP contribution in [0.15, 0.2) is 30.6 Å². The zero-order valence-corrected chi connectivity index (χ0v) is 18.0. The number of amides is 1. The standard InChI is InChI=1S/C23H25F3N4O2/c1-15-20(30(10-9-27)14-28-15)13-21(31)16-5-4-8-19(12-16)29(2)22(32)17-6-3-7-18(11-17)23(24,25)26/h3,6-7,11,14,16,19H,4-5,8,10,12-13H2,1-2H3/t16-,19+/m0/s1. The van der Waals surface area contributed by atoms with Crippen LogP contribution in [-0.4, -0.2) is 39.2 Å². The van der Waals surface area contributed by atoms with E-state index in [0.29, 0.717) is 30.7 Å². The average Bonchev–Trinajstić information content (AvgIpc) is 3.11. The van der Waals surface area contributed by atoms with Crippen molar-refractivity contribution in [2.45, 2.75) is 57.8 Å². The summed E-state index contributed by atoms with van der Waals surface area (Å²) >= 11 is 0. The number of ketones is 1. The Kier molecular flexibility index (Phi) is 7.02. The zero-order chi connectivity index (χ0) is 23.5. The smallest absolute Gasteiger partial charge is 0.339 e. The molecule has 0 saturated heterocycles. The van der Waals surface area contributed by atoms with Gasteiger partial charge in [-0.3, -0.25) is 9.59 Å². The van der Waals surface area contributed by atoms with E-state index >= 15 is 0 Å². The van der Waals surface area contributed by atoms with Crippen LogP contribution in [-0.2, 0) is 23.9 Å². The highest BCUT2D eigenvalue weighted by molar-refractivity contribution is 5.94. The second-order valence-corrected chi connectivity index (χ2v) is 8.22. The number of aryl methyl sites for hydroxylation is 1. The second kappa shape index (κ2) is 9.55. The van der Waals surface area contributed by atoms with E-state index in [1.165, 1.54) is 17.0 Å². The number of imidazole rings is 1. The molecule has 1 fully saturated rings. The summed E-state index contributed by atoms with van der Waals surface area (Å²) in [6.45, 7) is 1.91. The minimum Gasteiger partial charge on any atom is -0.339 e. The van der Waals surface area contributed by atoms with Gasteiger partial charge in [0.2, 0.25) is 0 Å². The number of nitrogens with zero attached hydrogens (tertiary/aromatic N) is 4. The van der Waals surface area contributed by atoms with Gasteiger partial charge in [-0.2, -0.15) is 18.4 Å². The maximum absolute atomic E-state index is 13.0. The lowest BCUT2D eigenvalue weighted by atomic mass is 9.81. The quantitative estimate of drug-likeness (QED) is 0.667. The number of hydrogen-bond donors (Lipinski definition) is 0. The van der Waals surface area contributed by atoms with Crippen molar-refractivity contribution in [1.29, 1.82) is 5.26 Å². The Bertz CT molecular complexity index is 1040. The molecule has 2 atom stereocenters. The Morgan fingerprint density at radius 3 is 2.75 bits per heavy atom. The molecule has 1 aromatic carbocycles. The fourth-order valence-electron chi connectivity index (χ4n) is 4.27. The summed E-state index contributed by atoms with van der Waals surface area (Å²) in [6, 6.07) is 6.22. The van der Waals surface area contributed by atoms with Crippen LogP contribution in [0.4, 0.5) is 13.2 Å². The molecular formula is C23H25F3N4O2. The van der Waals surface area contributed by atoms with E-state index in [4.69, 9.17) is 5.26 Å². The molecule has 1 aromatic heterocycles. The van der Waals surface area contributed by atoms with E-state index in [9.17, 15) is 22.8 Å². The molecule has 9 heteroatoms. The van der Waals surface area contributed by atoms with Gasteiger partial charge in [0.05, 0.1) is 23.7 Å². The first-order valence-corrected chi connectivity index (χ1v) is 10.5. The molecule has 0 spiro atoms. The molecular weight excluding hydrogens is 421 g/mol. The van der Waals surface area contributed by atoms with Crippen LogP contribution in [0.1, 0.15) is 53.0 Å². The van der Waals surface area contributed by atoms with Crippen molar-refractivity contribution in [3.8, 4) is 6.07 Å². The van der Waals surface area contributed by atoms with Gasteiger partial charge in [0, 0.05) is 36.7 Å². The van der Waals surface area contributed by atoms with Crippen molar-refractivity contribution < 1.29 is 22.8 Å². The van der Waals surface area contributed by atoms with Crippen LogP contribution >= 0.6 is 0 Å². The molecule has 1 saturated carbocycles. The van der Waals surface area contributed by atoms with Crippen molar-refractivity contribution in [3.05, 3.63) is 53.1 Å². The van der Waals surface area contributed by atoms with Crippen LogP contribution in [0.5, 0.6) is 0 Å². The third-order valence-corrected chi connectivity index (χ3v) is 6.14. The van der Waals surface area contributed by atoms with Gasteiger partial charge in [0.15, 0.2) is 0 Å². The van der Waals surface area contributed by atoms with E-state index in [1.807, 2.05) is 0 Å². The number of carbonyl (C=O) groups is 2. The van der Waals surface area contributed by atoms with Gasteiger partial charge in [-0.05, 0) is 44.4 Å². The molecule has 3 rings (SSSR count). The molecule has 0 aliphatic heterocycles. The molecule has 1 aliphatic carbocycles. The molecule has 1 aliphatic rings. The molecule has 0 N–H and O–H groups in total. The molecule has 1 heterocycles. The molecule has 6 nitrogen and oxygen atoms in total. The SMILES string of the molecule is Cc1ncn(CC#N)c1CC(=O)[C@H]1CCC[C@@H](N(C)C(=O)c2cccc(C(F)(F)F)c2)C1. The second-order valence-electron chi connectivity index (χ2n) is 8.22. The van der Waals surface area contributed by atoms with E-state index < -0.39 is 17.6 Å². The predicted octanol–water partition coefficient (Wildman–Crippen LogP) is 4.18. The van der Waals surface area contributed by atoms with Crippen LogP contribution in [0.3, 0.4) is 0 Å². The Labute approximate surface area is 184 Å². The van der Waals surface area contributed by atoms with Crippen LogP contribution < -0.4 is 0 Å². The van der Waals surface area contributed by atoms with Gasteiger partial charge in [-0.15, -0.1) is 0 Å². The van der Waals surface area contributed by atoms with Crippen LogP contribution in [0, 0.1) is 24.2 Å².